The topological polar surface area (TPSA) is 114 Å². The van der Waals surface area contributed by atoms with E-state index in [1.54, 1.807) is 0 Å². The largest absolute Gasteiger partial charge is 0.394 e. The van der Waals surface area contributed by atoms with Gasteiger partial charge in [0.15, 0.2) is 0 Å². The molecule has 3 atom stereocenters. The molecule has 0 radical (unpaired) electrons. The molecule has 1 aliphatic heterocycles. The molecule has 1 aliphatic rings. The summed E-state index contributed by atoms with van der Waals surface area (Å²) in [6.07, 6.45) is -0.563. The van der Waals surface area contributed by atoms with Gasteiger partial charge in [-0.1, -0.05) is 0 Å². The van der Waals surface area contributed by atoms with Crippen LogP contribution in [0.1, 0.15) is 19.6 Å². The van der Waals surface area contributed by atoms with Crippen LogP contribution < -0.4 is 11.0 Å². The predicted octanol–water partition coefficient (Wildman–Crippen LogP) is -1.16. The molecule has 1 aromatic heterocycles. The van der Waals surface area contributed by atoms with Crippen molar-refractivity contribution < 1.29 is 19.7 Å². The average molecular weight is 269 g/mol. The summed E-state index contributed by atoms with van der Waals surface area (Å²) in [4.78, 5) is 26.3. The first-order chi connectivity index (χ1) is 9.01. The summed E-state index contributed by atoms with van der Waals surface area (Å²) in [7, 11) is 0. The van der Waals surface area contributed by atoms with Crippen LogP contribution in [-0.2, 0) is 9.53 Å². The van der Waals surface area contributed by atoms with Gasteiger partial charge in [-0.3, -0.25) is 9.36 Å². The third-order valence-electron chi connectivity index (χ3n) is 2.83. The second-order valence-electron chi connectivity index (χ2n) is 4.30. The summed E-state index contributed by atoms with van der Waals surface area (Å²) in [5, 5.41) is 21.0. The Bertz CT molecular complexity index is 529. The first kappa shape index (κ1) is 13.7. The molecule has 2 rings (SSSR count). The number of anilines is 1. The quantitative estimate of drug-likeness (QED) is 0.638. The molecule has 1 amide bonds. The second-order valence-corrected chi connectivity index (χ2v) is 4.30. The van der Waals surface area contributed by atoms with E-state index in [0.29, 0.717) is 0 Å². The number of hydrogen-bond donors (Lipinski definition) is 3. The van der Waals surface area contributed by atoms with Crippen molar-refractivity contribution in [2.24, 2.45) is 0 Å². The number of rotatable bonds is 3. The molecule has 3 N–H and O–H groups in total. The van der Waals surface area contributed by atoms with Gasteiger partial charge in [-0.05, 0) is 6.07 Å². The number of aromatic nitrogens is 2. The first-order valence-electron chi connectivity index (χ1n) is 5.82. The summed E-state index contributed by atoms with van der Waals surface area (Å²) in [6.45, 7) is 0.999. The zero-order valence-corrected chi connectivity index (χ0v) is 10.3. The van der Waals surface area contributed by atoms with Crippen LogP contribution in [0.5, 0.6) is 0 Å². The van der Waals surface area contributed by atoms with Crippen LogP contribution in [0.3, 0.4) is 0 Å². The monoisotopic (exact) mass is 269 g/mol. The molecule has 0 unspecified atom stereocenters. The zero-order chi connectivity index (χ0) is 14.0. The van der Waals surface area contributed by atoms with E-state index in [1.807, 2.05) is 0 Å². The highest BCUT2D eigenvalue weighted by atomic mass is 16.5. The predicted molar refractivity (Wildman–Crippen MR) is 64.4 cm³/mol. The minimum atomic E-state index is -0.822. The molecule has 8 nitrogen and oxygen atoms in total. The maximum atomic E-state index is 11.8. The van der Waals surface area contributed by atoms with E-state index < -0.39 is 24.1 Å². The van der Waals surface area contributed by atoms with Gasteiger partial charge in [0.1, 0.15) is 18.1 Å². The fourth-order valence-electron chi connectivity index (χ4n) is 1.93. The molecular formula is C11H15N3O5. The number of ether oxygens (including phenoxy) is 1. The van der Waals surface area contributed by atoms with Crippen molar-refractivity contribution in [3.63, 3.8) is 0 Å². The maximum Gasteiger partial charge on any atom is 0.351 e. The number of nitrogens with one attached hydrogen (secondary N) is 1. The molecular weight excluding hydrogens is 254 g/mol. The molecule has 104 valence electrons. The Morgan fingerprint density at radius 1 is 1.68 bits per heavy atom. The van der Waals surface area contributed by atoms with Crippen molar-refractivity contribution in [3.8, 4) is 0 Å². The highest BCUT2D eigenvalue weighted by Crippen LogP contribution is 2.27. The average Bonchev–Trinajstić information content (AvgIpc) is 2.69. The Morgan fingerprint density at radius 2 is 2.42 bits per heavy atom. The number of carbonyl (C=O) groups excluding carboxylic acids is 1. The number of hydrogen-bond acceptors (Lipinski definition) is 6. The number of aliphatic hydroxyl groups is 2. The lowest BCUT2D eigenvalue weighted by atomic mass is 10.2. The summed E-state index contributed by atoms with van der Waals surface area (Å²) < 4.78 is 6.56. The van der Waals surface area contributed by atoms with Gasteiger partial charge in [-0.15, -0.1) is 0 Å². The van der Waals surface area contributed by atoms with Gasteiger partial charge in [0.25, 0.3) is 0 Å². The van der Waals surface area contributed by atoms with Crippen LogP contribution in [0.4, 0.5) is 5.82 Å². The highest BCUT2D eigenvalue weighted by molar-refractivity contribution is 5.87. The smallest absolute Gasteiger partial charge is 0.351 e. The van der Waals surface area contributed by atoms with Crippen LogP contribution in [0.2, 0.25) is 0 Å². The van der Waals surface area contributed by atoms with Crippen LogP contribution in [0.25, 0.3) is 0 Å². The lowest BCUT2D eigenvalue weighted by molar-refractivity contribution is -0.114. The van der Waals surface area contributed by atoms with E-state index in [0.717, 1.165) is 0 Å². The maximum absolute atomic E-state index is 11.8. The van der Waals surface area contributed by atoms with Crippen molar-refractivity contribution in [2.45, 2.75) is 31.8 Å². The number of nitrogens with zero attached hydrogens (tertiary/aromatic N) is 2. The molecule has 0 aliphatic carbocycles. The molecule has 0 spiro atoms. The van der Waals surface area contributed by atoms with E-state index in [2.05, 4.69) is 10.3 Å². The van der Waals surface area contributed by atoms with Crippen molar-refractivity contribution >= 4 is 11.7 Å². The molecule has 19 heavy (non-hydrogen) atoms. The van der Waals surface area contributed by atoms with Crippen LogP contribution in [0, 0.1) is 0 Å². The van der Waals surface area contributed by atoms with Gasteiger partial charge in [-0.25, -0.2) is 4.79 Å². The Balaban J connectivity index is 2.18. The molecule has 0 bridgehead atoms. The summed E-state index contributed by atoms with van der Waals surface area (Å²) >= 11 is 0. The van der Waals surface area contributed by atoms with E-state index in [1.165, 1.54) is 23.8 Å². The van der Waals surface area contributed by atoms with Crippen LogP contribution in [-0.4, -0.2) is 44.5 Å². The van der Waals surface area contributed by atoms with E-state index in [4.69, 9.17) is 9.84 Å². The molecule has 0 saturated carbocycles. The molecule has 1 aromatic rings. The second kappa shape index (κ2) is 5.47. The third kappa shape index (κ3) is 2.98. The van der Waals surface area contributed by atoms with Crippen molar-refractivity contribution in [3.05, 3.63) is 22.7 Å². The van der Waals surface area contributed by atoms with Gasteiger partial charge in [0.2, 0.25) is 5.91 Å². The lowest BCUT2D eigenvalue weighted by Gasteiger charge is -2.14. The van der Waals surface area contributed by atoms with E-state index >= 15 is 0 Å². The third-order valence-corrected chi connectivity index (χ3v) is 2.83. The molecule has 1 saturated heterocycles. The van der Waals surface area contributed by atoms with Gasteiger partial charge in [0.05, 0.1) is 12.7 Å². The number of carbonyl (C=O) groups is 1. The van der Waals surface area contributed by atoms with Crippen molar-refractivity contribution in [1.82, 2.24) is 9.55 Å². The first-order valence-corrected chi connectivity index (χ1v) is 5.82. The van der Waals surface area contributed by atoms with Gasteiger partial charge >= 0.3 is 5.69 Å². The fourth-order valence-corrected chi connectivity index (χ4v) is 1.93. The minimum absolute atomic E-state index is 0.158. The standard InChI is InChI=1S/C11H15N3O5/c1-6(16)12-9-2-3-14(11(18)13-9)10-4-7(17)8(5-15)19-10/h2-3,7-8,10,15,17H,4-5H2,1H3,(H,12,13,16,18)/t7-,8-,10-/m1/s1. The minimum Gasteiger partial charge on any atom is -0.394 e. The molecule has 2 heterocycles. The Hall–Kier alpha value is -1.77. The summed E-state index contributed by atoms with van der Waals surface area (Å²) in [5.41, 5.74) is -0.595. The molecule has 1 fully saturated rings. The van der Waals surface area contributed by atoms with Gasteiger partial charge in [0, 0.05) is 19.5 Å². The van der Waals surface area contributed by atoms with Crippen LogP contribution in [0.15, 0.2) is 17.1 Å². The van der Waals surface area contributed by atoms with E-state index in [-0.39, 0.29) is 24.8 Å². The zero-order valence-electron chi connectivity index (χ0n) is 10.3. The van der Waals surface area contributed by atoms with Crippen LogP contribution >= 0.6 is 0 Å². The Morgan fingerprint density at radius 3 is 2.95 bits per heavy atom. The Labute approximate surface area is 108 Å². The Kier molecular flexibility index (Phi) is 3.93. The molecule has 8 heteroatoms. The highest BCUT2D eigenvalue weighted by Gasteiger charge is 2.34. The summed E-state index contributed by atoms with van der Waals surface area (Å²) in [5.74, 6) is -0.163. The summed E-state index contributed by atoms with van der Waals surface area (Å²) in [6, 6.07) is 1.46. The molecule has 0 aromatic carbocycles. The fraction of sp³-hybridized carbons (Fsp3) is 0.545. The van der Waals surface area contributed by atoms with Gasteiger partial charge < -0.3 is 20.3 Å². The van der Waals surface area contributed by atoms with Crippen molar-refractivity contribution in [2.75, 3.05) is 11.9 Å². The SMILES string of the molecule is CC(=O)Nc1ccn([C@H]2C[C@@H](O)[C@@H](CO)O2)c(=O)n1. The number of amides is 1. The van der Waals surface area contributed by atoms with Crippen molar-refractivity contribution in [1.29, 1.82) is 0 Å². The lowest BCUT2D eigenvalue weighted by Crippen LogP contribution is -2.28. The van der Waals surface area contributed by atoms with Gasteiger partial charge in [-0.2, -0.15) is 4.98 Å². The number of aliphatic hydroxyl groups excluding tert-OH is 2. The normalized spacial score (nSPS) is 26.4. The van der Waals surface area contributed by atoms with E-state index in [9.17, 15) is 14.7 Å².